The minimum absolute atomic E-state index is 0.237. The second kappa shape index (κ2) is 7.19. The summed E-state index contributed by atoms with van der Waals surface area (Å²) in [6.45, 7) is -0.237. The Morgan fingerprint density at radius 1 is 1.12 bits per heavy atom. The van der Waals surface area contributed by atoms with Crippen molar-refractivity contribution in [1.82, 2.24) is 15.1 Å². The van der Waals surface area contributed by atoms with Crippen molar-refractivity contribution in [3.8, 4) is 11.4 Å². The molecule has 3 aromatic rings. The molecule has 1 aromatic heterocycles. The molecule has 0 saturated heterocycles. The maximum absolute atomic E-state index is 12.0. The highest BCUT2D eigenvalue weighted by Crippen LogP contribution is 2.14. The van der Waals surface area contributed by atoms with Crippen molar-refractivity contribution in [2.24, 2.45) is 5.10 Å². The third kappa shape index (κ3) is 3.64. The number of hydrogen-bond donors (Lipinski definition) is 1. The molecule has 0 fully saturated rings. The van der Waals surface area contributed by atoms with E-state index < -0.39 is 11.7 Å². The highest BCUT2D eigenvalue weighted by molar-refractivity contribution is 5.82. The van der Waals surface area contributed by atoms with Crippen LogP contribution in [0.2, 0.25) is 0 Å². The van der Waals surface area contributed by atoms with Gasteiger partial charge in [-0.05, 0) is 5.56 Å². The first-order valence-electron chi connectivity index (χ1n) is 7.23. The lowest BCUT2D eigenvalue weighted by Gasteiger charge is -2.03. The average molecular weight is 322 g/mol. The minimum Gasteiger partial charge on any atom is -0.295 e. The standard InChI is InChI=1S/C17H14N4O3/c22-15(19-18-11-13-7-3-1-4-8-13)12-21-16(20-24-17(21)23)14-9-5-2-6-10-14/h1-11H,12H2,(H,19,22)/b18-11-. The minimum atomic E-state index is -0.698. The monoisotopic (exact) mass is 322 g/mol. The van der Waals surface area contributed by atoms with Crippen LogP contribution >= 0.6 is 0 Å². The Balaban J connectivity index is 1.70. The zero-order valence-electron chi connectivity index (χ0n) is 12.6. The van der Waals surface area contributed by atoms with Gasteiger partial charge in [-0.3, -0.25) is 9.32 Å². The zero-order valence-corrected chi connectivity index (χ0v) is 12.6. The summed E-state index contributed by atoms with van der Waals surface area (Å²) in [6.07, 6.45) is 1.52. The number of amides is 1. The van der Waals surface area contributed by atoms with Gasteiger partial charge in [-0.25, -0.2) is 14.8 Å². The van der Waals surface area contributed by atoms with Gasteiger partial charge < -0.3 is 0 Å². The summed E-state index contributed by atoms with van der Waals surface area (Å²) in [4.78, 5) is 23.7. The van der Waals surface area contributed by atoms with E-state index in [9.17, 15) is 9.59 Å². The maximum atomic E-state index is 12.0. The van der Waals surface area contributed by atoms with Crippen LogP contribution in [0.5, 0.6) is 0 Å². The van der Waals surface area contributed by atoms with E-state index in [1.165, 1.54) is 6.21 Å². The number of hydrogen-bond acceptors (Lipinski definition) is 5. The molecule has 120 valence electrons. The molecule has 1 N–H and O–H groups in total. The number of nitrogens with zero attached hydrogens (tertiary/aromatic N) is 3. The van der Waals surface area contributed by atoms with Crippen molar-refractivity contribution >= 4 is 12.1 Å². The van der Waals surface area contributed by atoms with Gasteiger partial charge in [-0.2, -0.15) is 5.10 Å². The first kappa shape index (κ1) is 15.4. The Morgan fingerprint density at radius 3 is 2.50 bits per heavy atom. The van der Waals surface area contributed by atoms with Crippen molar-refractivity contribution < 1.29 is 9.32 Å². The quantitative estimate of drug-likeness (QED) is 0.571. The van der Waals surface area contributed by atoms with Crippen LogP contribution in [0.1, 0.15) is 5.56 Å². The van der Waals surface area contributed by atoms with E-state index in [2.05, 4.69) is 20.2 Å². The molecule has 0 bridgehead atoms. The Bertz CT molecular complexity index is 898. The fourth-order valence-electron chi connectivity index (χ4n) is 2.10. The van der Waals surface area contributed by atoms with E-state index in [4.69, 9.17) is 0 Å². The van der Waals surface area contributed by atoms with Crippen molar-refractivity contribution in [3.05, 3.63) is 76.8 Å². The number of carbonyl (C=O) groups is 1. The van der Waals surface area contributed by atoms with Gasteiger partial charge in [-0.1, -0.05) is 65.8 Å². The van der Waals surface area contributed by atoms with Crippen LogP contribution in [0.3, 0.4) is 0 Å². The number of hydrazone groups is 1. The van der Waals surface area contributed by atoms with E-state index >= 15 is 0 Å². The van der Waals surface area contributed by atoms with Crippen molar-refractivity contribution in [2.75, 3.05) is 0 Å². The van der Waals surface area contributed by atoms with Gasteiger partial charge in [-0.15, -0.1) is 0 Å². The Hall–Kier alpha value is -3.48. The van der Waals surface area contributed by atoms with Gasteiger partial charge in [0.05, 0.1) is 6.21 Å². The van der Waals surface area contributed by atoms with Gasteiger partial charge in [0, 0.05) is 5.56 Å². The van der Waals surface area contributed by atoms with Gasteiger partial charge in [0.1, 0.15) is 6.54 Å². The summed E-state index contributed by atoms with van der Waals surface area (Å²) in [5.74, 6) is -0.858. The van der Waals surface area contributed by atoms with E-state index in [1.54, 1.807) is 12.1 Å². The van der Waals surface area contributed by atoms with E-state index in [0.29, 0.717) is 11.4 Å². The Morgan fingerprint density at radius 2 is 1.79 bits per heavy atom. The highest BCUT2D eigenvalue weighted by Gasteiger charge is 2.15. The smallest absolute Gasteiger partial charge is 0.295 e. The summed E-state index contributed by atoms with van der Waals surface area (Å²) < 4.78 is 5.82. The summed E-state index contributed by atoms with van der Waals surface area (Å²) in [6, 6.07) is 18.3. The van der Waals surface area contributed by atoms with E-state index in [-0.39, 0.29) is 6.54 Å². The van der Waals surface area contributed by atoms with Crippen molar-refractivity contribution in [1.29, 1.82) is 0 Å². The topological polar surface area (TPSA) is 89.5 Å². The molecule has 0 unspecified atom stereocenters. The van der Waals surface area contributed by atoms with Gasteiger partial charge >= 0.3 is 5.76 Å². The fourth-order valence-corrected chi connectivity index (χ4v) is 2.10. The molecule has 3 rings (SSSR count). The molecule has 0 aliphatic carbocycles. The van der Waals surface area contributed by atoms with Crippen LogP contribution in [0.4, 0.5) is 0 Å². The number of aromatic nitrogens is 2. The molecule has 1 heterocycles. The first-order valence-corrected chi connectivity index (χ1v) is 7.23. The molecule has 7 nitrogen and oxygen atoms in total. The third-order valence-corrected chi connectivity index (χ3v) is 3.22. The molecule has 0 aliphatic rings. The van der Waals surface area contributed by atoms with Crippen LogP contribution < -0.4 is 11.2 Å². The lowest BCUT2D eigenvalue weighted by atomic mass is 10.2. The first-order chi connectivity index (χ1) is 11.7. The zero-order chi connectivity index (χ0) is 16.8. The molecule has 0 saturated carbocycles. The molecular weight excluding hydrogens is 308 g/mol. The Labute approximate surface area is 137 Å². The molecule has 0 radical (unpaired) electrons. The number of benzene rings is 2. The number of nitrogens with one attached hydrogen (secondary N) is 1. The molecule has 0 spiro atoms. The van der Waals surface area contributed by atoms with E-state index in [0.717, 1.165) is 10.1 Å². The lowest BCUT2D eigenvalue weighted by molar-refractivity contribution is -0.121. The van der Waals surface area contributed by atoms with Gasteiger partial charge in [0.2, 0.25) is 0 Å². The Kier molecular flexibility index (Phi) is 4.62. The SMILES string of the molecule is O=C(Cn1c(-c2ccccc2)noc1=O)N/N=C\c1ccccc1. The largest absolute Gasteiger partial charge is 0.442 e. The average Bonchev–Trinajstić information content (AvgIpc) is 2.97. The van der Waals surface area contributed by atoms with Crippen LogP contribution in [-0.4, -0.2) is 21.8 Å². The van der Waals surface area contributed by atoms with Crippen LogP contribution in [-0.2, 0) is 11.3 Å². The molecule has 24 heavy (non-hydrogen) atoms. The van der Waals surface area contributed by atoms with Gasteiger partial charge in [0.15, 0.2) is 5.82 Å². The molecule has 0 aliphatic heterocycles. The second-order valence-corrected chi connectivity index (χ2v) is 4.93. The molecule has 2 aromatic carbocycles. The molecule has 1 amide bonds. The maximum Gasteiger partial charge on any atom is 0.442 e. The van der Waals surface area contributed by atoms with Crippen molar-refractivity contribution in [3.63, 3.8) is 0 Å². The molecular formula is C17H14N4O3. The highest BCUT2D eigenvalue weighted by atomic mass is 16.5. The van der Waals surface area contributed by atoms with E-state index in [1.807, 2.05) is 48.5 Å². The number of carbonyl (C=O) groups excluding carboxylic acids is 1. The fraction of sp³-hybridized carbons (Fsp3) is 0.0588. The molecule has 7 heteroatoms. The summed E-state index contributed by atoms with van der Waals surface area (Å²) in [5.41, 5.74) is 3.91. The van der Waals surface area contributed by atoms with Crippen LogP contribution in [0.15, 0.2) is 75.1 Å². The third-order valence-electron chi connectivity index (χ3n) is 3.22. The summed E-state index contributed by atoms with van der Waals surface area (Å²) in [7, 11) is 0. The van der Waals surface area contributed by atoms with Crippen LogP contribution in [0, 0.1) is 0 Å². The number of rotatable bonds is 5. The predicted octanol–water partition coefficient (Wildman–Crippen LogP) is 1.65. The van der Waals surface area contributed by atoms with Crippen LogP contribution in [0.25, 0.3) is 11.4 Å². The second-order valence-electron chi connectivity index (χ2n) is 4.93. The van der Waals surface area contributed by atoms with Gasteiger partial charge in [0.25, 0.3) is 5.91 Å². The normalized spacial score (nSPS) is 10.8. The predicted molar refractivity (Wildman–Crippen MR) is 88.4 cm³/mol. The summed E-state index contributed by atoms with van der Waals surface area (Å²) >= 11 is 0. The molecule has 0 atom stereocenters. The van der Waals surface area contributed by atoms with Crippen molar-refractivity contribution in [2.45, 2.75) is 6.54 Å². The summed E-state index contributed by atoms with van der Waals surface area (Å²) in [5, 5.41) is 7.59. The lowest BCUT2D eigenvalue weighted by Crippen LogP contribution is -2.28.